The summed E-state index contributed by atoms with van der Waals surface area (Å²) in [6.45, 7) is 0.00746. The first-order chi connectivity index (χ1) is 9.07. The number of amides is 1. The number of aliphatic hydroxyl groups excluding tert-OH is 1. The van der Waals surface area contributed by atoms with Gasteiger partial charge in [-0.2, -0.15) is 0 Å². The van der Waals surface area contributed by atoms with Crippen molar-refractivity contribution in [3.63, 3.8) is 0 Å². The molecule has 0 aromatic heterocycles. The highest BCUT2D eigenvalue weighted by molar-refractivity contribution is 5.86. The number of carboxylic acids is 1. The monoisotopic (exact) mass is 263 g/mol. The Morgan fingerprint density at radius 1 is 1.21 bits per heavy atom. The predicted octanol–water partition coefficient (Wildman–Crippen LogP) is 0.355. The summed E-state index contributed by atoms with van der Waals surface area (Å²) in [5.74, 6) is -1.27. The van der Waals surface area contributed by atoms with Crippen LogP contribution in [0.15, 0.2) is 24.3 Å². The minimum atomic E-state index is -1.05. The minimum absolute atomic E-state index is 0.0585. The van der Waals surface area contributed by atoms with E-state index < -0.39 is 11.4 Å². The van der Waals surface area contributed by atoms with Gasteiger partial charge in [0.1, 0.15) is 0 Å². The van der Waals surface area contributed by atoms with Crippen molar-refractivity contribution in [2.24, 2.45) is 5.41 Å². The van der Waals surface area contributed by atoms with E-state index in [1.165, 1.54) is 0 Å². The van der Waals surface area contributed by atoms with Gasteiger partial charge in [-0.15, -0.1) is 0 Å². The molecule has 0 bridgehead atoms. The number of hydrogen-bond acceptors (Lipinski definition) is 3. The van der Waals surface area contributed by atoms with Crippen LogP contribution in [0.1, 0.15) is 17.5 Å². The van der Waals surface area contributed by atoms with Gasteiger partial charge in [0.05, 0.1) is 12.0 Å². The molecule has 5 heteroatoms. The SMILES string of the molecule is O=C(CC1(C(=O)O)Cc2ccccc2C1)NCCO. The topological polar surface area (TPSA) is 86.6 Å². The molecule has 3 N–H and O–H groups in total. The Morgan fingerprint density at radius 3 is 2.26 bits per heavy atom. The number of carbonyl (C=O) groups is 2. The van der Waals surface area contributed by atoms with Crippen LogP contribution in [0, 0.1) is 5.41 Å². The molecule has 0 unspecified atom stereocenters. The maximum atomic E-state index is 11.7. The lowest BCUT2D eigenvalue weighted by Crippen LogP contribution is -2.39. The highest BCUT2D eigenvalue weighted by Gasteiger charge is 2.45. The van der Waals surface area contributed by atoms with Crippen molar-refractivity contribution in [3.05, 3.63) is 35.4 Å². The molecule has 0 saturated carbocycles. The van der Waals surface area contributed by atoms with E-state index in [0.29, 0.717) is 12.8 Å². The molecule has 0 atom stereocenters. The number of benzene rings is 1. The summed E-state index contributed by atoms with van der Waals surface area (Å²) in [6, 6.07) is 7.57. The first-order valence-corrected chi connectivity index (χ1v) is 6.25. The lowest BCUT2D eigenvalue weighted by atomic mass is 9.81. The van der Waals surface area contributed by atoms with Crippen LogP contribution in [0.4, 0.5) is 0 Å². The fourth-order valence-electron chi connectivity index (χ4n) is 2.61. The second kappa shape index (κ2) is 5.40. The molecule has 0 saturated heterocycles. The van der Waals surface area contributed by atoms with Gasteiger partial charge in [0, 0.05) is 13.0 Å². The summed E-state index contributed by atoms with van der Waals surface area (Å²) in [6.07, 6.45) is 0.702. The van der Waals surface area contributed by atoms with Crippen LogP contribution < -0.4 is 5.32 Å². The Hall–Kier alpha value is -1.88. The molecule has 1 aromatic carbocycles. The molecule has 102 valence electrons. The second-order valence-corrected chi connectivity index (χ2v) is 4.96. The number of aliphatic carboxylic acids is 1. The molecular weight excluding hydrogens is 246 g/mol. The number of nitrogens with one attached hydrogen (secondary N) is 1. The molecule has 2 rings (SSSR count). The van der Waals surface area contributed by atoms with Crippen LogP contribution in [0.25, 0.3) is 0 Å². The molecule has 1 amide bonds. The van der Waals surface area contributed by atoms with E-state index in [0.717, 1.165) is 11.1 Å². The zero-order chi connectivity index (χ0) is 13.9. The smallest absolute Gasteiger partial charge is 0.310 e. The molecule has 0 fully saturated rings. The van der Waals surface area contributed by atoms with Crippen LogP contribution in [0.2, 0.25) is 0 Å². The highest BCUT2D eigenvalue weighted by atomic mass is 16.4. The summed E-state index contributed by atoms with van der Waals surface area (Å²) in [7, 11) is 0. The molecule has 1 aromatic rings. The molecule has 19 heavy (non-hydrogen) atoms. The van der Waals surface area contributed by atoms with Crippen molar-refractivity contribution in [1.82, 2.24) is 5.32 Å². The Balaban J connectivity index is 2.14. The third-order valence-electron chi connectivity index (χ3n) is 3.56. The Morgan fingerprint density at radius 2 is 1.79 bits per heavy atom. The van der Waals surface area contributed by atoms with Gasteiger partial charge in [0.2, 0.25) is 5.91 Å². The largest absolute Gasteiger partial charge is 0.481 e. The van der Waals surface area contributed by atoms with Gasteiger partial charge in [0.25, 0.3) is 0 Å². The van der Waals surface area contributed by atoms with E-state index >= 15 is 0 Å². The van der Waals surface area contributed by atoms with E-state index in [4.69, 9.17) is 5.11 Å². The Labute approximate surface area is 111 Å². The van der Waals surface area contributed by atoms with E-state index in [1.807, 2.05) is 24.3 Å². The molecule has 0 radical (unpaired) electrons. The lowest BCUT2D eigenvalue weighted by molar-refractivity contribution is -0.151. The quantitative estimate of drug-likeness (QED) is 0.715. The number of fused-ring (bicyclic) bond motifs is 1. The Bertz CT molecular complexity index is 473. The van der Waals surface area contributed by atoms with Gasteiger partial charge in [-0.05, 0) is 24.0 Å². The lowest BCUT2D eigenvalue weighted by Gasteiger charge is -2.23. The van der Waals surface area contributed by atoms with Crippen LogP contribution in [0.3, 0.4) is 0 Å². The molecule has 1 aliphatic rings. The maximum absolute atomic E-state index is 11.7. The molecule has 5 nitrogen and oxygen atoms in total. The van der Waals surface area contributed by atoms with Gasteiger partial charge in [-0.25, -0.2) is 0 Å². The van der Waals surface area contributed by atoms with Gasteiger partial charge in [-0.3, -0.25) is 9.59 Å². The molecular formula is C14H17NO4. The molecule has 0 spiro atoms. The zero-order valence-corrected chi connectivity index (χ0v) is 10.6. The van der Waals surface area contributed by atoms with E-state index in [1.54, 1.807) is 0 Å². The van der Waals surface area contributed by atoms with Gasteiger partial charge >= 0.3 is 5.97 Å². The number of hydrogen-bond donors (Lipinski definition) is 3. The standard InChI is InChI=1S/C14H17NO4/c16-6-5-15-12(17)9-14(13(18)19)7-10-3-1-2-4-11(10)8-14/h1-4,16H,5-9H2,(H,15,17)(H,18,19). The third kappa shape index (κ3) is 2.76. The molecule has 0 aliphatic heterocycles. The summed E-state index contributed by atoms with van der Waals surface area (Å²) < 4.78 is 0. The third-order valence-corrected chi connectivity index (χ3v) is 3.56. The average molecular weight is 263 g/mol. The summed E-state index contributed by atoms with van der Waals surface area (Å²) in [5, 5.41) is 20.7. The van der Waals surface area contributed by atoms with Crippen LogP contribution >= 0.6 is 0 Å². The van der Waals surface area contributed by atoms with E-state index in [-0.39, 0.29) is 25.5 Å². The highest BCUT2D eigenvalue weighted by Crippen LogP contribution is 2.39. The number of rotatable bonds is 5. The minimum Gasteiger partial charge on any atom is -0.481 e. The normalized spacial score (nSPS) is 15.8. The maximum Gasteiger partial charge on any atom is 0.310 e. The van der Waals surface area contributed by atoms with Gasteiger partial charge in [0.15, 0.2) is 0 Å². The van der Waals surface area contributed by atoms with Gasteiger partial charge < -0.3 is 15.5 Å². The number of carbonyl (C=O) groups excluding carboxylic acids is 1. The summed E-state index contributed by atoms with van der Waals surface area (Å²) in [5.41, 5.74) is 0.947. The fraction of sp³-hybridized carbons (Fsp3) is 0.429. The van der Waals surface area contributed by atoms with E-state index in [2.05, 4.69) is 5.32 Å². The number of aliphatic hydroxyl groups is 1. The second-order valence-electron chi connectivity index (χ2n) is 4.96. The molecule has 1 aliphatic carbocycles. The van der Waals surface area contributed by atoms with Crippen molar-refractivity contribution >= 4 is 11.9 Å². The van der Waals surface area contributed by atoms with Crippen molar-refractivity contribution in [1.29, 1.82) is 0 Å². The van der Waals surface area contributed by atoms with Crippen molar-refractivity contribution in [3.8, 4) is 0 Å². The Kier molecular flexibility index (Phi) is 3.85. The first kappa shape index (κ1) is 13.5. The predicted molar refractivity (Wildman–Crippen MR) is 68.6 cm³/mol. The van der Waals surface area contributed by atoms with Crippen molar-refractivity contribution in [2.75, 3.05) is 13.2 Å². The van der Waals surface area contributed by atoms with E-state index in [9.17, 15) is 14.7 Å². The first-order valence-electron chi connectivity index (χ1n) is 6.25. The molecule has 0 heterocycles. The zero-order valence-electron chi connectivity index (χ0n) is 10.6. The number of carboxylic acid groups (broad SMARTS) is 1. The average Bonchev–Trinajstić information content (AvgIpc) is 2.75. The van der Waals surface area contributed by atoms with Crippen molar-refractivity contribution < 1.29 is 19.8 Å². The van der Waals surface area contributed by atoms with Crippen LogP contribution in [-0.2, 0) is 22.4 Å². The van der Waals surface area contributed by atoms with Gasteiger partial charge in [-0.1, -0.05) is 24.3 Å². The summed E-state index contributed by atoms with van der Waals surface area (Å²) in [4.78, 5) is 23.3. The van der Waals surface area contributed by atoms with Crippen molar-refractivity contribution in [2.45, 2.75) is 19.3 Å². The fourth-order valence-corrected chi connectivity index (χ4v) is 2.61. The summed E-state index contributed by atoms with van der Waals surface area (Å²) >= 11 is 0. The van der Waals surface area contributed by atoms with Crippen LogP contribution in [0.5, 0.6) is 0 Å². The van der Waals surface area contributed by atoms with Crippen LogP contribution in [-0.4, -0.2) is 35.2 Å².